The summed E-state index contributed by atoms with van der Waals surface area (Å²) in [6, 6.07) is 7.55. The Bertz CT molecular complexity index is 997. The lowest BCUT2D eigenvalue weighted by Crippen LogP contribution is -2.44. The molecule has 0 bridgehead atoms. The summed E-state index contributed by atoms with van der Waals surface area (Å²) in [6.07, 6.45) is 1.74. The SMILES string of the molecule is Cc1cc(Cl)cc(O)c1-c1ccc2oc(NC3CCCN(CC(C)O)C3)nc2n1. The van der Waals surface area contributed by atoms with E-state index in [-0.39, 0.29) is 17.9 Å². The van der Waals surface area contributed by atoms with Crippen molar-refractivity contribution in [3.8, 4) is 17.0 Å². The number of benzene rings is 1. The molecule has 2 atom stereocenters. The zero-order valence-corrected chi connectivity index (χ0v) is 17.3. The summed E-state index contributed by atoms with van der Waals surface area (Å²) >= 11 is 6.01. The lowest BCUT2D eigenvalue weighted by Gasteiger charge is -2.33. The molecule has 0 aliphatic carbocycles. The van der Waals surface area contributed by atoms with E-state index >= 15 is 0 Å². The van der Waals surface area contributed by atoms with Gasteiger partial charge >= 0.3 is 0 Å². The molecule has 0 radical (unpaired) electrons. The summed E-state index contributed by atoms with van der Waals surface area (Å²) in [7, 11) is 0. The number of β-amino-alcohol motifs (C(OH)–C–C–N with tert-alkyl or cyclic N) is 1. The third kappa shape index (κ3) is 4.47. The van der Waals surface area contributed by atoms with E-state index in [1.807, 2.05) is 13.0 Å². The van der Waals surface area contributed by atoms with E-state index < -0.39 is 0 Å². The number of halogens is 1. The van der Waals surface area contributed by atoms with Gasteiger partial charge in [-0.05, 0) is 63.1 Å². The highest BCUT2D eigenvalue weighted by atomic mass is 35.5. The summed E-state index contributed by atoms with van der Waals surface area (Å²) in [4.78, 5) is 11.3. The predicted octanol–water partition coefficient (Wildman–Crippen LogP) is 3.81. The third-order valence-electron chi connectivity index (χ3n) is 5.14. The molecule has 0 saturated carbocycles. The number of phenols is 1. The zero-order chi connectivity index (χ0) is 20.5. The summed E-state index contributed by atoms with van der Waals surface area (Å²) in [5, 5.41) is 23.8. The molecule has 2 unspecified atom stereocenters. The fraction of sp³-hybridized carbons (Fsp3) is 0.429. The number of likely N-dealkylation sites (tertiary alicyclic amines) is 1. The minimum absolute atomic E-state index is 0.0871. The Morgan fingerprint density at radius 2 is 2.17 bits per heavy atom. The number of aryl methyl sites for hydroxylation is 1. The van der Waals surface area contributed by atoms with Crippen molar-refractivity contribution in [2.45, 2.75) is 38.8 Å². The van der Waals surface area contributed by atoms with E-state index in [4.69, 9.17) is 16.0 Å². The number of phenolic OH excluding ortho intramolecular Hbond substituents is 1. The first-order chi connectivity index (χ1) is 13.9. The maximum absolute atomic E-state index is 10.3. The number of anilines is 1. The predicted molar refractivity (Wildman–Crippen MR) is 113 cm³/mol. The number of aromatic nitrogens is 2. The smallest absolute Gasteiger partial charge is 0.297 e. The molecule has 7 nitrogen and oxygen atoms in total. The van der Waals surface area contributed by atoms with Gasteiger partial charge in [0.05, 0.1) is 11.8 Å². The largest absolute Gasteiger partial charge is 0.507 e. The topological polar surface area (TPSA) is 94.7 Å². The highest BCUT2D eigenvalue weighted by Gasteiger charge is 2.22. The van der Waals surface area contributed by atoms with Gasteiger partial charge in [-0.1, -0.05) is 11.6 Å². The van der Waals surface area contributed by atoms with Gasteiger partial charge in [-0.15, -0.1) is 0 Å². The molecular formula is C21H25ClN4O3. The molecule has 1 aliphatic heterocycles. The molecule has 3 aromatic rings. The molecular weight excluding hydrogens is 392 g/mol. The van der Waals surface area contributed by atoms with Crippen LogP contribution >= 0.6 is 11.6 Å². The molecule has 3 N–H and O–H groups in total. The molecule has 0 spiro atoms. The molecule has 1 aromatic carbocycles. The monoisotopic (exact) mass is 416 g/mol. The van der Waals surface area contributed by atoms with Crippen LogP contribution in [0.25, 0.3) is 22.5 Å². The molecule has 8 heteroatoms. The van der Waals surface area contributed by atoms with Gasteiger partial charge in [0.1, 0.15) is 5.75 Å². The maximum Gasteiger partial charge on any atom is 0.297 e. The summed E-state index contributed by atoms with van der Waals surface area (Å²) in [5.74, 6) is 0.0871. The van der Waals surface area contributed by atoms with E-state index in [9.17, 15) is 10.2 Å². The van der Waals surface area contributed by atoms with Crippen molar-refractivity contribution in [2.75, 3.05) is 25.0 Å². The summed E-state index contributed by atoms with van der Waals surface area (Å²) < 4.78 is 5.82. The van der Waals surface area contributed by atoms with Gasteiger partial charge in [-0.2, -0.15) is 4.98 Å². The van der Waals surface area contributed by atoms with Gasteiger partial charge < -0.3 is 19.9 Å². The first kappa shape index (κ1) is 19.9. The van der Waals surface area contributed by atoms with E-state index in [2.05, 4.69) is 20.2 Å². The van der Waals surface area contributed by atoms with Gasteiger partial charge in [-0.3, -0.25) is 4.90 Å². The minimum atomic E-state index is -0.339. The van der Waals surface area contributed by atoms with Crippen LogP contribution in [-0.4, -0.2) is 56.9 Å². The van der Waals surface area contributed by atoms with Crippen LogP contribution in [0.5, 0.6) is 5.75 Å². The molecule has 154 valence electrons. The van der Waals surface area contributed by atoms with Crippen molar-refractivity contribution in [1.29, 1.82) is 0 Å². The van der Waals surface area contributed by atoms with E-state index in [0.717, 1.165) is 31.5 Å². The number of nitrogens with one attached hydrogen (secondary N) is 1. The van der Waals surface area contributed by atoms with Gasteiger partial charge in [0.2, 0.25) is 5.65 Å². The number of oxazole rings is 1. The van der Waals surface area contributed by atoms with Gasteiger partial charge in [0, 0.05) is 29.7 Å². The Labute approximate surface area is 174 Å². The third-order valence-corrected chi connectivity index (χ3v) is 5.36. The molecule has 1 saturated heterocycles. The van der Waals surface area contributed by atoms with E-state index in [1.54, 1.807) is 19.1 Å². The fourth-order valence-electron chi connectivity index (χ4n) is 3.97. The Kier molecular flexibility index (Phi) is 5.63. The van der Waals surface area contributed by atoms with Crippen molar-refractivity contribution in [3.05, 3.63) is 34.9 Å². The molecule has 0 amide bonds. The second-order valence-corrected chi connectivity index (χ2v) is 8.18. The van der Waals surface area contributed by atoms with Gasteiger partial charge in [-0.25, -0.2) is 4.98 Å². The lowest BCUT2D eigenvalue weighted by molar-refractivity contribution is 0.110. The Balaban J connectivity index is 1.55. The molecule has 3 heterocycles. The first-order valence-electron chi connectivity index (χ1n) is 9.83. The normalized spacial score (nSPS) is 18.8. The molecule has 1 fully saturated rings. The Hall–Kier alpha value is -2.35. The van der Waals surface area contributed by atoms with Crippen molar-refractivity contribution in [1.82, 2.24) is 14.9 Å². The average molecular weight is 417 g/mol. The van der Waals surface area contributed by atoms with Crippen LogP contribution in [-0.2, 0) is 0 Å². The number of aromatic hydroxyl groups is 1. The van der Waals surface area contributed by atoms with Crippen molar-refractivity contribution in [2.24, 2.45) is 0 Å². The van der Waals surface area contributed by atoms with Crippen LogP contribution in [0.2, 0.25) is 5.02 Å². The van der Waals surface area contributed by atoms with Crippen molar-refractivity contribution >= 4 is 28.8 Å². The number of pyridine rings is 1. The van der Waals surface area contributed by atoms with Crippen LogP contribution in [0.15, 0.2) is 28.7 Å². The number of nitrogens with zero attached hydrogens (tertiary/aromatic N) is 3. The maximum atomic E-state index is 10.3. The number of piperidine rings is 1. The molecule has 29 heavy (non-hydrogen) atoms. The highest BCUT2D eigenvalue weighted by Crippen LogP contribution is 2.35. The van der Waals surface area contributed by atoms with Crippen molar-refractivity contribution < 1.29 is 14.6 Å². The highest BCUT2D eigenvalue weighted by molar-refractivity contribution is 6.31. The van der Waals surface area contributed by atoms with Crippen LogP contribution in [0, 0.1) is 6.92 Å². The molecule has 1 aliphatic rings. The lowest BCUT2D eigenvalue weighted by atomic mass is 10.0. The van der Waals surface area contributed by atoms with Crippen LogP contribution in [0.4, 0.5) is 6.01 Å². The number of hydrogen-bond donors (Lipinski definition) is 3. The second kappa shape index (κ2) is 8.18. The van der Waals surface area contributed by atoms with Gasteiger partial charge in [0.25, 0.3) is 6.01 Å². The number of hydrogen-bond acceptors (Lipinski definition) is 7. The standard InChI is InChI=1S/C21H25ClN4O3/c1-12-8-14(22)9-17(28)19(12)16-5-6-18-20(24-16)25-21(29-18)23-15-4-3-7-26(11-15)10-13(2)27/h5-6,8-9,13,15,27-28H,3-4,7,10-11H2,1-2H3,(H,23,24,25). The number of aliphatic hydroxyl groups is 1. The van der Waals surface area contributed by atoms with Crippen LogP contribution < -0.4 is 5.32 Å². The number of rotatable bonds is 5. The Morgan fingerprint density at radius 3 is 2.93 bits per heavy atom. The average Bonchev–Trinajstić information content (AvgIpc) is 3.02. The molecule has 2 aromatic heterocycles. The zero-order valence-electron chi connectivity index (χ0n) is 16.5. The van der Waals surface area contributed by atoms with Crippen LogP contribution in [0.1, 0.15) is 25.3 Å². The number of aliphatic hydroxyl groups excluding tert-OH is 1. The van der Waals surface area contributed by atoms with E-state index in [0.29, 0.717) is 40.1 Å². The van der Waals surface area contributed by atoms with Crippen molar-refractivity contribution in [3.63, 3.8) is 0 Å². The quantitative estimate of drug-likeness (QED) is 0.582. The van der Waals surface area contributed by atoms with Gasteiger partial charge in [0.15, 0.2) is 5.58 Å². The Morgan fingerprint density at radius 1 is 1.34 bits per heavy atom. The van der Waals surface area contributed by atoms with E-state index in [1.165, 1.54) is 6.07 Å². The first-order valence-corrected chi connectivity index (χ1v) is 10.2. The second-order valence-electron chi connectivity index (χ2n) is 7.75. The molecule has 4 rings (SSSR count). The summed E-state index contributed by atoms with van der Waals surface area (Å²) in [6.45, 7) is 6.18. The van der Waals surface area contributed by atoms with Crippen LogP contribution in [0.3, 0.4) is 0 Å². The fourth-order valence-corrected chi connectivity index (χ4v) is 4.23. The number of fused-ring (bicyclic) bond motifs is 1. The summed E-state index contributed by atoms with van der Waals surface area (Å²) in [5.41, 5.74) is 3.15. The minimum Gasteiger partial charge on any atom is -0.507 e.